The molecule has 0 saturated carbocycles. The minimum atomic E-state index is -0.701. The summed E-state index contributed by atoms with van der Waals surface area (Å²) in [6, 6.07) is 10.1. The van der Waals surface area contributed by atoms with Crippen molar-refractivity contribution in [2.24, 2.45) is 5.92 Å². The van der Waals surface area contributed by atoms with Crippen LogP contribution in [0.2, 0.25) is 0 Å². The van der Waals surface area contributed by atoms with Crippen LogP contribution in [0.5, 0.6) is 0 Å². The predicted molar refractivity (Wildman–Crippen MR) is 83.6 cm³/mol. The van der Waals surface area contributed by atoms with Crippen LogP contribution < -0.4 is 0 Å². The Bertz CT molecular complexity index is 409. The van der Waals surface area contributed by atoms with Crippen LogP contribution in [-0.2, 0) is 15.3 Å². The lowest BCUT2D eigenvalue weighted by Crippen LogP contribution is -2.35. The van der Waals surface area contributed by atoms with Gasteiger partial charge in [-0.05, 0) is 33.3 Å². The van der Waals surface area contributed by atoms with Crippen molar-refractivity contribution in [2.75, 3.05) is 5.75 Å². The monoisotopic (exact) mass is 296 g/mol. The number of esters is 1. The normalized spacial score (nSPS) is 14.7. The number of aliphatic hydroxyl groups excluding tert-OH is 1. The van der Waals surface area contributed by atoms with E-state index in [9.17, 15) is 9.90 Å². The van der Waals surface area contributed by atoms with Crippen LogP contribution in [0.4, 0.5) is 0 Å². The molecule has 20 heavy (non-hydrogen) atoms. The summed E-state index contributed by atoms with van der Waals surface area (Å²) in [5, 5.41) is 9.76. The number of thioether (sulfide) groups is 1. The predicted octanol–water partition coefficient (Wildman–Crippen LogP) is 3.26. The maximum atomic E-state index is 12.0. The molecule has 2 atom stereocenters. The minimum Gasteiger partial charge on any atom is -0.460 e. The van der Waals surface area contributed by atoms with Crippen LogP contribution in [0, 0.1) is 5.92 Å². The molecule has 0 bridgehead atoms. The van der Waals surface area contributed by atoms with Gasteiger partial charge in [0.05, 0.1) is 12.0 Å². The number of aliphatic hydroxyl groups is 1. The number of carbonyl (C=O) groups is 1. The van der Waals surface area contributed by atoms with E-state index < -0.39 is 17.6 Å². The van der Waals surface area contributed by atoms with E-state index in [2.05, 4.69) is 12.1 Å². The maximum absolute atomic E-state index is 12.0. The Hall–Kier alpha value is -1.00. The molecule has 4 heteroatoms. The highest BCUT2D eigenvalue weighted by Crippen LogP contribution is 2.21. The van der Waals surface area contributed by atoms with Gasteiger partial charge < -0.3 is 9.84 Å². The average molecular weight is 296 g/mol. The lowest BCUT2D eigenvalue weighted by atomic mass is 10.1. The molecule has 112 valence electrons. The van der Waals surface area contributed by atoms with E-state index >= 15 is 0 Å². The topological polar surface area (TPSA) is 46.5 Å². The van der Waals surface area contributed by atoms with Gasteiger partial charge in [0.25, 0.3) is 0 Å². The quantitative estimate of drug-likeness (QED) is 0.819. The second kappa shape index (κ2) is 7.70. The highest BCUT2D eigenvalue weighted by Gasteiger charge is 2.28. The van der Waals surface area contributed by atoms with E-state index in [0.717, 1.165) is 5.75 Å². The van der Waals surface area contributed by atoms with Gasteiger partial charge >= 0.3 is 5.97 Å². The van der Waals surface area contributed by atoms with Gasteiger partial charge in [0.15, 0.2) is 0 Å². The average Bonchev–Trinajstić information content (AvgIpc) is 2.33. The van der Waals surface area contributed by atoms with Crippen LogP contribution in [0.3, 0.4) is 0 Å². The third-order valence-electron chi connectivity index (χ3n) is 2.70. The fourth-order valence-corrected chi connectivity index (χ4v) is 2.87. The van der Waals surface area contributed by atoms with Crippen molar-refractivity contribution in [1.82, 2.24) is 0 Å². The van der Waals surface area contributed by atoms with Gasteiger partial charge in [-0.25, -0.2) is 0 Å². The molecule has 1 aromatic rings. The molecule has 3 nitrogen and oxygen atoms in total. The molecule has 1 N–H and O–H groups in total. The Labute approximate surface area is 125 Å². The Morgan fingerprint density at radius 1 is 1.30 bits per heavy atom. The van der Waals surface area contributed by atoms with Crippen molar-refractivity contribution in [3.63, 3.8) is 0 Å². The van der Waals surface area contributed by atoms with Crippen LogP contribution in [0.25, 0.3) is 0 Å². The fraction of sp³-hybridized carbons (Fsp3) is 0.562. The second-order valence-corrected chi connectivity index (χ2v) is 6.91. The first-order valence-corrected chi connectivity index (χ1v) is 7.97. The summed E-state index contributed by atoms with van der Waals surface area (Å²) < 4.78 is 5.35. The second-order valence-electron chi connectivity index (χ2n) is 5.88. The Kier molecular flexibility index (Phi) is 6.56. The Morgan fingerprint density at radius 2 is 1.90 bits per heavy atom. The summed E-state index contributed by atoms with van der Waals surface area (Å²) in [6.07, 6.45) is -0.701. The molecule has 0 saturated heterocycles. The molecule has 0 heterocycles. The molecule has 0 fully saturated rings. The highest BCUT2D eigenvalue weighted by atomic mass is 32.2. The number of benzene rings is 1. The lowest BCUT2D eigenvalue weighted by molar-refractivity contribution is -0.162. The smallest absolute Gasteiger partial charge is 0.312 e. The third-order valence-corrected chi connectivity index (χ3v) is 3.83. The zero-order valence-corrected chi connectivity index (χ0v) is 13.4. The molecule has 0 aliphatic rings. The number of carbonyl (C=O) groups excluding carboxylic acids is 1. The van der Waals surface area contributed by atoms with Crippen LogP contribution in [0.1, 0.15) is 33.3 Å². The van der Waals surface area contributed by atoms with E-state index in [1.54, 1.807) is 18.7 Å². The molecule has 0 radical (unpaired) electrons. The molecule has 0 amide bonds. The minimum absolute atomic E-state index is 0.326. The maximum Gasteiger partial charge on any atom is 0.312 e. The van der Waals surface area contributed by atoms with Crippen molar-refractivity contribution in [2.45, 2.75) is 45.2 Å². The standard InChI is InChI=1S/C16H24O3S/c1-12(17)14(15(18)19-16(2,3)4)11-20-10-13-8-6-5-7-9-13/h5-9,12,14,17H,10-11H2,1-4H3/t12-,14+/m1/s1. The number of ether oxygens (including phenoxy) is 1. The zero-order chi connectivity index (χ0) is 15.2. The van der Waals surface area contributed by atoms with Gasteiger partial charge in [0, 0.05) is 11.5 Å². The SMILES string of the molecule is C[C@@H](O)[C@H](CSCc1ccccc1)C(=O)OC(C)(C)C. The first kappa shape index (κ1) is 17.1. The Balaban J connectivity index is 2.49. The van der Waals surface area contributed by atoms with Gasteiger partial charge in [-0.3, -0.25) is 4.79 Å². The fourth-order valence-electron chi connectivity index (χ4n) is 1.66. The summed E-state index contributed by atoms with van der Waals surface area (Å²) >= 11 is 1.64. The summed E-state index contributed by atoms with van der Waals surface area (Å²) in [6.45, 7) is 7.14. The molecule has 1 aromatic carbocycles. The molecular formula is C16H24O3S. The Morgan fingerprint density at radius 3 is 2.40 bits per heavy atom. The molecular weight excluding hydrogens is 272 g/mol. The van der Waals surface area contributed by atoms with Crippen LogP contribution >= 0.6 is 11.8 Å². The van der Waals surface area contributed by atoms with Crippen molar-refractivity contribution in [3.05, 3.63) is 35.9 Å². The molecule has 0 aromatic heterocycles. The summed E-state index contributed by atoms with van der Waals surface area (Å²) in [4.78, 5) is 12.0. The van der Waals surface area contributed by atoms with Crippen molar-refractivity contribution < 1.29 is 14.6 Å². The number of rotatable bonds is 6. The molecule has 0 aliphatic heterocycles. The van der Waals surface area contributed by atoms with E-state index in [1.807, 2.05) is 39.0 Å². The summed E-state index contributed by atoms with van der Waals surface area (Å²) in [7, 11) is 0. The van der Waals surface area contributed by atoms with Gasteiger partial charge in [-0.15, -0.1) is 0 Å². The zero-order valence-electron chi connectivity index (χ0n) is 12.6. The largest absolute Gasteiger partial charge is 0.460 e. The van der Waals surface area contributed by atoms with Gasteiger partial charge in [-0.2, -0.15) is 11.8 Å². The highest BCUT2D eigenvalue weighted by molar-refractivity contribution is 7.98. The van der Waals surface area contributed by atoms with Crippen molar-refractivity contribution in [3.8, 4) is 0 Å². The van der Waals surface area contributed by atoms with Crippen LogP contribution in [-0.4, -0.2) is 28.5 Å². The van der Waals surface area contributed by atoms with Gasteiger partial charge in [0.1, 0.15) is 5.60 Å². The molecule has 0 unspecified atom stereocenters. The van der Waals surface area contributed by atoms with Gasteiger partial charge in [-0.1, -0.05) is 30.3 Å². The molecule has 0 aliphatic carbocycles. The van der Waals surface area contributed by atoms with Crippen molar-refractivity contribution in [1.29, 1.82) is 0 Å². The first-order valence-electron chi connectivity index (χ1n) is 6.82. The first-order chi connectivity index (χ1) is 9.29. The lowest BCUT2D eigenvalue weighted by Gasteiger charge is -2.25. The number of hydrogen-bond donors (Lipinski definition) is 1. The van der Waals surface area contributed by atoms with E-state index in [-0.39, 0.29) is 5.97 Å². The summed E-state index contributed by atoms with van der Waals surface area (Å²) in [5.41, 5.74) is 0.694. The van der Waals surface area contributed by atoms with E-state index in [1.165, 1.54) is 5.56 Å². The van der Waals surface area contributed by atoms with Gasteiger partial charge in [0.2, 0.25) is 0 Å². The summed E-state index contributed by atoms with van der Waals surface area (Å²) in [5.74, 6) is 0.574. The third kappa shape index (κ3) is 6.44. The molecule has 1 rings (SSSR count). The van der Waals surface area contributed by atoms with E-state index in [0.29, 0.717) is 5.75 Å². The molecule has 0 spiro atoms. The number of hydrogen-bond acceptors (Lipinski definition) is 4. The van der Waals surface area contributed by atoms with Crippen molar-refractivity contribution >= 4 is 17.7 Å². The van der Waals surface area contributed by atoms with Crippen LogP contribution in [0.15, 0.2) is 30.3 Å². The van der Waals surface area contributed by atoms with E-state index in [4.69, 9.17) is 4.74 Å².